The van der Waals surface area contributed by atoms with Gasteiger partial charge in [0.1, 0.15) is 11.8 Å². The highest BCUT2D eigenvalue weighted by Crippen LogP contribution is 2.34. The topological polar surface area (TPSA) is 123 Å². The summed E-state index contributed by atoms with van der Waals surface area (Å²) in [6, 6.07) is 15.9. The third-order valence-electron chi connectivity index (χ3n) is 6.61. The van der Waals surface area contributed by atoms with Crippen molar-refractivity contribution in [1.82, 2.24) is 15.1 Å². The predicted molar refractivity (Wildman–Crippen MR) is 139 cm³/mol. The summed E-state index contributed by atoms with van der Waals surface area (Å²) in [6.45, 7) is 3.65. The molecule has 1 aromatic heterocycles. The molecular weight excluding hydrogens is 472 g/mol. The van der Waals surface area contributed by atoms with Crippen molar-refractivity contribution in [1.29, 1.82) is 0 Å². The quantitative estimate of drug-likeness (QED) is 0.354. The van der Waals surface area contributed by atoms with Gasteiger partial charge in [0.05, 0.1) is 17.8 Å². The largest absolute Gasteiger partial charge is 0.481 e. The Morgan fingerprint density at radius 2 is 1.78 bits per heavy atom. The average Bonchev–Trinajstić information content (AvgIpc) is 3.65. The summed E-state index contributed by atoms with van der Waals surface area (Å²) in [5.41, 5.74) is 3.85. The van der Waals surface area contributed by atoms with Crippen molar-refractivity contribution >= 4 is 23.7 Å². The first-order chi connectivity index (χ1) is 17.7. The van der Waals surface area contributed by atoms with Gasteiger partial charge in [-0.15, -0.1) is 0 Å². The molecule has 0 saturated heterocycles. The van der Waals surface area contributed by atoms with Crippen molar-refractivity contribution < 1.29 is 24.2 Å². The van der Waals surface area contributed by atoms with Crippen molar-refractivity contribution in [2.24, 2.45) is 13.0 Å². The fourth-order valence-corrected chi connectivity index (χ4v) is 4.25. The highest BCUT2D eigenvalue weighted by molar-refractivity contribution is 5.96. The van der Waals surface area contributed by atoms with Crippen LogP contribution in [0.25, 0.3) is 11.3 Å². The van der Waals surface area contributed by atoms with Crippen LogP contribution in [0.5, 0.6) is 0 Å². The Morgan fingerprint density at radius 1 is 1.11 bits per heavy atom. The molecule has 1 aliphatic rings. The molecule has 3 aromatic rings. The number of nitrogens with zero attached hydrogens (tertiary/aromatic N) is 2. The standard InChI is InChI=1S/C28H32N4O5/c1-17-25(30-28(36)37-18(2)20-7-5-4-6-8-20)26(31-32(17)3)21-11-13-22(14-12-21)27(35)29-23(16-24(33)34)15-19-9-10-19/h4-8,11-14,18-19,23H,9-10,15-16H2,1-3H3,(H,29,35)(H,30,36)(H,33,34). The van der Waals surface area contributed by atoms with Crippen LogP contribution in [0.15, 0.2) is 54.6 Å². The van der Waals surface area contributed by atoms with E-state index in [4.69, 9.17) is 4.74 Å². The van der Waals surface area contributed by atoms with Crippen molar-refractivity contribution in [2.75, 3.05) is 5.32 Å². The Hall–Kier alpha value is -4.14. The lowest BCUT2D eigenvalue weighted by Crippen LogP contribution is -2.36. The van der Waals surface area contributed by atoms with Crippen LogP contribution in [-0.4, -0.2) is 38.9 Å². The number of carbonyl (C=O) groups excluding carboxylic acids is 2. The number of carboxylic acids is 1. The number of hydrogen-bond acceptors (Lipinski definition) is 5. The molecule has 0 aliphatic heterocycles. The van der Waals surface area contributed by atoms with Crippen LogP contribution in [0.1, 0.15) is 60.3 Å². The third-order valence-corrected chi connectivity index (χ3v) is 6.61. The minimum absolute atomic E-state index is 0.0957. The van der Waals surface area contributed by atoms with Crippen LogP contribution >= 0.6 is 0 Å². The van der Waals surface area contributed by atoms with E-state index in [0.717, 1.165) is 24.1 Å². The Bertz CT molecular complexity index is 1270. The fraction of sp³-hybridized carbons (Fsp3) is 0.357. The molecule has 2 amide bonds. The van der Waals surface area contributed by atoms with E-state index in [1.54, 1.807) is 42.9 Å². The van der Waals surface area contributed by atoms with Gasteiger partial charge in [-0.1, -0.05) is 55.3 Å². The molecule has 0 radical (unpaired) electrons. The van der Waals surface area contributed by atoms with Crippen molar-refractivity contribution in [3.05, 3.63) is 71.4 Å². The van der Waals surface area contributed by atoms with Crippen LogP contribution in [0.2, 0.25) is 0 Å². The number of rotatable bonds is 10. The van der Waals surface area contributed by atoms with E-state index in [1.807, 2.05) is 37.3 Å². The van der Waals surface area contributed by atoms with Gasteiger partial charge in [0.25, 0.3) is 5.91 Å². The van der Waals surface area contributed by atoms with E-state index in [1.165, 1.54) is 0 Å². The second kappa shape index (κ2) is 11.3. The molecule has 1 saturated carbocycles. The van der Waals surface area contributed by atoms with Gasteiger partial charge in [0, 0.05) is 24.2 Å². The average molecular weight is 505 g/mol. The molecule has 1 aliphatic carbocycles. The normalized spacial score (nSPS) is 14.5. The summed E-state index contributed by atoms with van der Waals surface area (Å²) in [4.78, 5) is 36.7. The number of benzene rings is 2. The minimum atomic E-state index is -0.927. The van der Waals surface area contributed by atoms with E-state index in [2.05, 4.69) is 15.7 Å². The Morgan fingerprint density at radius 3 is 2.41 bits per heavy atom. The lowest BCUT2D eigenvalue weighted by atomic mass is 10.0. The number of carboxylic acid groups (broad SMARTS) is 1. The van der Waals surface area contributed by atoms with Gasteiger partial charge >= 0.3 is 12.1 Å². The van der Waals surface area contributed by atoms with Gasteiger partial charge in [-0.3, -0.25) is 19.6 Å². The molecule has 1 heterocycles. The zero-order valence-corrected chi connectivity index (χ0v) is 21.2. The van der Waals surface area contributed by atoms with Gasteiger partial charge in [0.15, 0.2) is 0 Å². The number of aliphatic carboxylic acids is 1. The highest BCUT2D eigenvalue weighted by Gasteiger charge is 2.28. The van der Waals surface area contributed by atoms with Gasteiger partial charge in [0.2, 0.25) is 0 Å². The zero-order chi connectivity index (χ0) is 26.5. The molecule has 37 heavy (non-hydrogen) atoms. The van der Waals surface area contributed by atoms with Crippen LogP contribution in [0.3, 0.4) is 0 Å². The molecule has 9 heteroatoms. The van der Waals surface area contributed by atoms with Crippen LogP contribution in [-0.2, 0) is 16.6 Å². The number of aromatic nitrogens is 2. The lowest BCUT2D eigenvalue weighted by Gasteiger charge is -2.17. The first kappa shape index (κ1) is 25.9. The molecule has 2 unspecified atom stereocenters. The van der Waals surface area contributed by atoms with Crippen molar-refractivity contribution in [2.45, 2.75) is 51.7 Å². The molecule has 1 fully saturated rings. The number of amides is 2. The van der Waals surface area contributed by atoms with Gasteiger partial charge in [-0.05, 0) is 43.9 Å². The maximum Gasteiger partial charge on any atom is 0.412 e. The highest BCUT2D eigenvalue weighted by atomic mass is 16.6. The van der Waals surface area contributed by atoms with E-state index in [9.17, 15) is 19.5 Å². The summed E-state index contributed by atoms with van der Waals surface area (Å²) in [6.07, 6.45) is 1.73. The smallest absolute Gasteiger partial charge is 0.412 e. The van der Waals surface area contributed by atoms with Crippen molar-refractivity contribution in [3.63, 3.8) is 0 Å². The van der Waals surface area contributed by atoms with Crippen LogP contribution in [0, 0.1) is 12.8 Å². The third kappa shape index (κ3) is 6.75. The van der Waals surface area contributed by atoms with Gasteiger partial charge in [-0.25, -0.2) is 4.79 Å². The van der Waals surface area contributed by atoms with E-state index >= 15 is 0 Å². The summed E-state index contributed by atoms with van der Waals surface area (Å²) < 4.78 is 7.23. The van der Waals surface area contributed by atoms with E-state index in [-0.39, 0.29) is 12.3 Å². The molecular formula is C28H32N4O5. The minimum Gasteiger partial charge on any atom is -0.481 e. The zero-order valence-electron chi connectivity index (χ0n) is 21.2. The van der Waals surface area contributed by atoms with E-state index in [0.29, 0.717) is 34.8 Å². The maximum absolute atomic E-state index is 12.8. The molecule has 3 N–H and O–H groups in total. The van der Waals surface area contributed by atoms with E-state index < -0.39 is 24.2 Å². The van der Waals surface area contributed by atoms with Crippen LogP contribution in [0.4, 0.5) is 10.5 Å². The van der Waals surface area contributed by atoms with Crippen LogP contribution < -0.4 is 10.6 Å². The lowest BCUT2D eigenvalue weighted by molar-refractivity contribution is -0.137. The maximum atomic E-state index is 12.8. The number of nitrogens with one attached hydrogen (secondary N) is 2. The molecule has 2 atom stereocenters. The predicted octanol–water partition coefficient (Wildman–Crippen LogP) is 5.08. The Kier molecular flexibility index (Phi) is 7.91. The molecule has 0 spiro atoms. The number of anilines is 1. The first-order valence-corrected chi connectivity index (χ1v) is 12.4. The first-order valence-electron chi connectivity index (χ1n) is 12.4. The SMILES string of the molecule is Cc1c(NC(=O)OC(C)c2ccccc2)c(-c2ccc(C(=O)NC(CC(=O)O)CC3CC3)cc2)nn1C. The second-order valence-corrected chi connectivity index (χ2v) is 9.54. The fourth-order valence-electron chi connectivity index (χ4n) is 4.25. The number of hydrogen-bond donors (Lipinski definition) is 3. The Balaban J connectivity index is 1.45. The summed E-state index contributed by atoms with van der Waals surface area (Å²) in [7, 11) is 1.78. The van der Waals surface area contributed by atoms with Gasteiger partial charge in [-0.2, -0.15) is 5.10 Å². The number of aryl methyl sites for hydroxylation is 1. The second-order valence-electron chi connectivity index (χ2n) is 9.54. The monoisotopic (exact) mass is 504 g/mol. The van der Waals surface area contributed by atoms with Gasteiger partial charge < -0.3 is 15.2 Å². The summed E-state index contributed by atoms with van der Waals surface area (Å²) in [5.74, 6) is -0.747. The summed E-state index contributed by atoms with van der Waals surface area (Å²) in [5, 5.41) is 19.4. The number of ether oxygens (including phenoxy) is 1. The molecule has 4 rings (SSSR count). The molecule has 0 bridgehead atoms. The molecule has 9 nitrogen and oxygen atoms in total. The Labute approximate surface area is 215 Å². The molecule has 194 valence electrons. The summed E-state index contributed by atoms with van der Waals surface area (Å²) >= 11 is 0. The van der Waals surface area contributed by atoms with Crippen molar-refractivity contribution in [3.8, 4) is 11.3 Å². The number of carbonyl (C=O) groups is 3. The molecule has 2 aromatic carbocycles.